The Morgan fingerprint density at radius 3 is 1.19 bits per heavy atom. The third-order valence-corrected chi connectivity index (χ3v) is 7.79. The van der Waals surface area contributed by atoms with E-state index >= 15 is 0 Å². The zero-order valence-corrected chi connectivity index (χ0v) is 23.4. The van der Waals surface area contributed by atoms with Gasteiger partial charge in [-0.2, -0.15) is 0 Å². The number of carboxylic acid groups (broad SMARTS) is 3. The number of hydrogen-bond donors (Lipinski definition) is 3. The Hall–Kier alpha value is -1.89. The fraction of sp³-hybridized carbons (Fsp3) is 0.828. The summed E-state index contributed by atoms with van der Waals surface area (Å²) >= 11 is 0. The van der Waals surface area contributed by atoms with Crippen LogP contribution in [0, 0.1) is 0 Å². The lowest BCUT2D eigenvalue weighted by Crippen LogP contribution is -2.70. The molecule has 0 amide bonds. The first kappa shape index (κ1) is 34.1. The number of allylic oxidation sites excluding steroid dienone is 2. The second kappa shape index (κ2) is 20.2. The highest BCUT2D eigenvalue weighted by atomic mass is 16.4. The van der Waals surface area contributed by atoms with Crippen molar-refractivity contribution in [2.45, 2.75) is 149 Å². The molecule has 0 aliphatic heterocycles. The fourth-order valence-electron chi connectivity index (χ4n) is 5.20. The Bertz CT molecular complexity index is 597. The summed E-state index contributed by atoms with van der Waals surface area (Å²) in [5.74, 6) is -3.56. The van der Waals surface area contributed by atoms with E-state index in [0.29, 0.717) is 12.8 Å². The zero-order chi connectivity index (χ0) is 27.4. The van der Waals surface area contributed by atoms with Gasteiger partial charge >= 0.3 is 17.9 Å². The van der Waals surface area contributed by atoms with Crippen LogP contribution in [-0.2, 0) is 14.4 Å². The fourth-order valence-corrected chi connectivity index (χ4v) is 5.20. The van der Waals surface area contributed by atoms with Gasteiger partial charge in [-0.3, -0.25) is 4.48 Å². The molecule has 0 radical (unpaired) electrons. The molecule has 0 rings (SSSR count). The molecular formula is C29H54NO6+. The summed E-state index contributed by atoms with van der Waals surface area (Å²) in [7, 11) is 0. The van der Waals surface area contributed by atoms with E-state index in [9.17, 15) is 29.7 Å². The predicted molar refractivity (Wildman–Crippen MR) is 145 cm³/mol. The highest BCUT2D eigenvalue weighted by molar-refractivity contribution is 5.77. The van der Waals surface area contributed by atoms with E-state index in [2.05, 4.69) is 19.1 Å². The van der Waals surface area contributed by atoms with Crippen molar-refractivity contribution in [1.29, 1.82) is 0 Å². The lowest BCUT2D eigenvalue weighted by molar-refractivity contribution is -0.968. The molecule has 210 valence electrons. The minimum atomic E-state index is -1.19. The van der Waals surface area contributed by atoms with Gasteiger partial charge in [0.2, 0.25) is 0 Å². The summed E-state index contributed by atoms with van der Waals surface area (Å²) in [5, 5.41) is 28.8. The molecule has 3 N–H and O–H groups in total. The summed E-state index contributed by atoms with van der Waals surface area (Å²) in [6, 6.07) is -3.43. The second-order valence-electron chi connectivity index (χ2n) is 10.4. The van der Waals surface area contributed by atoms with Crippen molar-refractivity contribution in [2.24, 2.45) is 0 Å². The van der Waals surface area contributed by atoms with Crippen LogP contribution < -0.4 is 0 Å². The van der Waals surface area contributed by atoms with Crippen LogP contribution in [0.4, 0.5) is 0 Å². The third-order valence-electron chi connectivity index (χ3n) is 7.79. The Balaban J connectivity index is 4.27. The van der Waals surface area contributed by atoms with Gasteiger partial charge in [0.05, 0.1) is 6.54 Å². The van der Waals surface area contributed by atoms with Gasteiger partial charge in [0.1, 0.15) is 0 Å². The maximum absolute atomic E-state index is 11.8. The molecule has 0 spiro atoms. The van der Waals surface area contributed by atoms with Gasteiger partial charge in [0.25, 0.3) is 0 Å². The van der Waals surface area contributed by atoms with Gasteiger partial charge in [-0.1, -0.05) is 96.1 Å². The van der Waals surface area contributed by atoms with Crippen LogP contribution in [0.5, 0.6) is 0 Å². The lowest BCUT2D eigenvalue weighted by atomic mass is 10.0. The molecule has 0 heterocycles. The Kier molecular flexibility index (Phi) is 19.1. The summed E-state index contributed by atoms with van der Waals surface area (Å²) in [6.45, 7) is 6.66. The van der Waals surface area contributed by atoms with Crippen molar-refractivity contribution >= 4 is 17.9 Å². The molecule has 0 saturated heterocycles. The SMILES string of the molecule is CCCCCCCCCCCCCCC/C=C/CCC[N+](C(C)C(=O)O)(C(C)C(=O)O)C(C)C(=O)O. The molecule has 36 heavy (non-hydrogen) atoms. The van der Waals surface area contributed by atoms with Crippen molar-refractivity contribution in [3.8, 4) is 0 Å². The van der Waals surface area contributed by atoms with E-state index in [1.807, 2.05) is 0 Å². The number of hydrogen-bond acceptors (Lipinski definition) is 3. The topological polar surface area (TPSA) is 112 Å². The number of rotatable bonds is 24. The molecule has 0 aliphatic carbocycles. The molecule has 0 aromatic heterocycles. The lowest BCUT2D eigenvalue weighted by Gasteiger charge is -2.47. The van der Waals surface area contributed by atoms with E-state index in [0.717, 1.165) is 12.8 Å². The van der Waals surface area contributed by atoms with Gasteiger partial charge in [0.15, 0.2) is 18.1 Å². The Labute approximate surface area is 219 Å². The molecule has 0 aromatic rings. The molecule has 7 nitrogen and oxygen atoms in total. The molecule has 3 atom stereocenters. The number of aliphatic carboxylic acids is 3. The highest BCUT2D eigenvalue weighted by Gasteiger charge is 2.52. The molecule has 0 fully saturated rings. The monoisotopic (exact) mass is 512 g/mol. The average molecular weight is 513 g/mol. The van der Waals surface area contributed by atoms with Gasteiger partial charge in [-0.25, -0.2) is 14.4 Å². The number of quaternary nitrogens is 1. The van der Waals surface area contributed by atoms with Gasteiger partial charge in [0, 0.05) is 6.42 Å². The minimum absolute atomic E-state index is 0.178. The van der Waals surface area contributed by atoms with Crippen molar-refractivity contribution < 1.29 is 34.2 Å². The van der Waals surface area contributed by atoms with Crippen LogP contribution in [0.3, 0.4) is 0 Å². The van der Waals surface area contributed by atoms with Crippen LogP contribution >= 0.6 is 0 Å². The van der Waals surface area contributed by atoms with E-state index < -0.39 is 40.5 Å². The number of nitrogens with zero attached hydrogens (tertiary/aromatic N) is 1. The van der Waals surface area contributed by atoms with Crippen molar-refractivity contribution in [3.05, 3.63) is 12.2 Å². The molecular weight excluding hydrogens is 458 g/mol. The summed E-state index contributed by atoms with van der Waals surface area (Å²) in [6.07, 6.45) is 23.7. The quantitative estimate of drug-likeness (QED) is 0.0726. The largest absolute Gasteiger partial charge is 0.477 e. The van der Waals surface area contributed by atoms with E-state index in [1.54, 1.807) is 0 Å². The first-order valence-corrected chi connectivity index (χ1v) is 14.3. The summed E-state index contributed by atoms with van der Waals surface area (Å²) in [5.41, 5.74) is 0. The molecule has 0 saturated carbocycles. The first-order valence-electron chi connectivity index (χ1n) is 14.3. The van der Waals surface area contributed by atoms with Gasteiger partial charge < -0.3 is 15.3 Å². The Morgan fingerprint density at radius 1 is 0.556 bits per heavy atom. The van der Waals surface area contributed by atoms with Crippen LogP contribution in [-0.4, -0.2) is 62.4 Å². The maximum Gasteiger partial charge on any atom is 0.362 e. The zero-order valence-electron chi connectivity index (χ0n) is 23.4. The third kappa shape index (κ3) is 12.9. The smallest absolute Gasteiger partial charge is 0.362 e. The van der Waals surface area contributed by atoms with Crippen LogP contribution in [0.1, 0.15) is 130 Å². The number of unbranched alkanes of at least 4 members (excludes halogenated alkanes) is 14. The molecule has 0 aliphatic rings. The first-order chi connectivity index (χ1) is 17.1. The second-order valence-corrected chi connectivity index (χ2v) is 10.4. The van der Waals surface area contributed by atoms with Gasteiger partial charge in [-0.05, 0) is 40.0 Å². The van der Waals surface area contributed by atoms with Crippen LogP contribution in [0.15, 0.2) is 12.2 Å². The van der Waals surface area contributed by atoms with Crippen LogP contribution in [0.2, 0.25) is 0 Å². The Morgan fingerprint density at radius 2 is 0.861 bits per heavy atom. The highest BCUT2D eigenvalue weighted by Crippen LogP contribution is 2.27. The normalized spacial score (nSPS) is 15.9. The van der Waals surface area contributed by atoms with Gasteiger partial charge in [-0.15, -0.1) is 0 Å². The maximum atomic E-state index is 11.8. The average Bonchev–Trinajstić information content (AvgIpc) is 2.84. The van der Waals surface area contributed by atoms with E-state index in [4.69, 9.17) is 0 Å². The summed E-state index contributed by atoms with van der Waals surface area (Å²) in [4.78, 5) is 35.3. The van der Waals surface area contributed by atoms with Crippen molar-refractivity contribution in [1.82, 2.24) is 0 Å². The molecule has 0 bridgehead atoms. The van der Waals surface area contributed by atoms with E-state index in [-0.39, 0.29) is 6.54 Å². The predicted octanol–water partition coefficient (Wildman–Crippen LogP) is 7.04. The summed E-state index contributed by atoms with van der Waals surface area (Å²) < 4.78 is -0.507. The molecule has 7 heteroatoms. The number of carboxylic acids is 3. The molecule has 3 unspecified atom stereocenters. The van der Waals surface area contributed by atoms with E-state index in [1.165, 1.54) is 97.8 Å². The van der Waals surface area contributed by atoms with Crippen molar-refractivity contribution in [3.63, 3.8) is 0 Å². The minimum Gasteiger partial charge on any atom is -0.477 e. The molecule has 0 aromatic carbocycles. The standard InChI is InChI=1S/C29H53NO6/c1-5-6-7-8-9-10-11-12-13-14-15-16-17-18-19-20-21-22-23-30(24(2)27(31)32,25(3)28(33)34)26(4)29(35)36/h19-20,24-26H,5-18,21-23H2,1-4H3,(H2-,31,32,33,34,35,36)/p+1/b20-19+. The van der Waals surface area contributed by atoms with Crippen LogP contribution in [0.25, 0.3) is 0 Å². The number of carbonyl (C=O) groups is 3. The van der Waals surface area contributed by atoms with Crippen molar-refractivity contribution in [2.75, 3.05) is 6.54 Å².